The number of amides is 1. The van der Waals surface area contributed by atoms with Crippen molar-refractivity contribution in [3.63, 3.8) is 0 Å². The van der Waals surface area contributed by atoms with Crippen LogP contribution in [0, 0.1) is 16.0 Å². The summed E-state index contributed by atoms with van der Waals surface area (Å²) in [4.78, 5) is 24.6. The number of anilines is 1. The zero-order chi connectivity index (χ0) is 13.6. The first-order valence-corrected chi connectivity index (χ1v) is 6.68. The van der Waals surface area contributed by atoms with Gasteiger partial charge in [0.05, 0.1) is 4.92 Å². The molecule has 0 radical (unpaired) electrons. The van der Waals surface area contributed by atoms with Crippen LogP contribution in [-0.2, 0) is 11.2 Å². The molecule has 0 saturated heterocycles. The van der Waals surface area contributed by atoms with Crippen molar-refractivity contribution in [2.75, 3.05) is 4.90 Å². The number of carbonyl (C=O) groups is 1. The van der Waals surface area contributed by atoms with E-state index in [1.54, 1.807) is 12.1 Å². The van der Waals surface area contributed by atoms with Gasteiger partial charge in [0.25, 0.3) is 5.69 Å². The van der Waals surface area contributed by atoms with Gasteiger partial charge in [0, 0.05) is 29.8 Å². The first kappa shape index (κ1) is 12.1. The SMILES string of the molecule is C[C@H]1Cc2cc([N+](=O)[O-])ccc2N1C(=O)C1CCC1. The van der Waals surface area contributed by atoms with Crippen molar-refractivity contribution in [3.8, 4) is 0 Å². The van der Waals surface area contributed by atoms with E-state index in [1.165, 1.54) is 6.07 Å². The molecule has 1 aliphatic carbocycles. The van der Waals surface area contributed by atoms with Crippen LogP contribution in [0.2, 0.25) is 0 Å². The molecule has 0 spiro atoms. The van der Waals surface area contributed by atoms with Gasteiger partial charge in [0.15, 0.2) is 0 Å². The number of nitro groups is 1. The van der Waals surface area contributed by atoms with Gasteiger partial charge in [-0.2, -0.15) is 0 Å². The van der Waals surface area contributed by atoms with E-state index >= 15 is 0 Å². The topological polar surface area (TPSA) is 63.5 Å². The van der Waals surface area contributed by atoms with Gasteiger partial charge in [-0.3, -0.25) is 14.9 Å². The average molecular weight is 260 g/mol. The molecule has 0 unspecified atom stereocenters. The van der Waals surface area contributed by atoms with Crippen LogP contribution >= 0.6 is 0 Å². The second kappa shape index (κ2) is 4.33. The van der Waals surface area contributed by atoms with Crippen LogP contribution in [0.4, 0.5) is 11.4 Å². The first-order valence-electron chi connectivity index (χ1n) is 6.68. The molecule has 5 heteroatoms. The van der Waals surface area contributed by atoms with Gasteiger partial charge < -0.3 is 4.90 Å². The molecule has 1 aromatic carbocycles. The number of hydrogen-bond acceptors (Lipinski definition) is 3. The molecular formula is C14H16N2O3. The third-order valence-electron chi connectivity index (χ3n) is 4.18. The van der Waals surface area contributed by atoms with E-state index in [-0.39, 0.29) is 28.5 Å². The van der Waals surface area contributed by atoms with Crippen LogP contribution in [-0.4, -0.2) is 16.9 Å². The Balaban J connectivity index is 1.93. The maximum Gasteiger partial charge on any atom is 0.269 e. The molecule has 3 rings (SSSR count). The number of rotatable bonds is 2. The van der Waals surface area contributed by atoms with E-state index in [9.17, 15) is 14.9 Å². The lowest BCUT2D eigenvalue weighted by molar-refractivity contribution is -0.384. The predicted molar refractivity (Wildman–Crippen MR) is 71.1 cm³/mol. The number of hydrogen-bond donors (Lipinski definition) is 0. The molecule has 1 saturated carbocycles. The summed E-state index contributed by atoms with van der Waals surface area (Å²) in [6.07, 6.45) is 3.79. The van der Waals surface area contributed by atoms with Crippen LogP contribution in [0.5, 0.6) is 0 Å². The van der Waals surface area contributed by atoms with E-state index in [2.05, 4.69) is 0 Å². The van der Waals surface area contributed by atoms with Crippen molar-refractivity contribution >= 4 is 17.3 Å². The number of carbonyl (C=O) groups excluding carboxylic acids is 1. The van der Waals surface area contributed by atoms with Crippen LogP contribution in [0.25, 0.3) is 0 Å². The van der Waals surface area contributed by atoms with Gasteiger partial charge in [-0.1, -0.05) is 6.42 Å². The van der Waals surface area contributed by atoms with Crippen molar-refractivity contribution in [1.82, 2.24) is 0 Å². The van der Waals surface area contributed by atoms with Gasteiger partial charge in [0.2, 0.25) is 5.91 Å². The van der Waals surface area contributed by atoms with Crippen LogP contribution in [0.15, 0.2) is 18.2 Å². The fourth-order valence-electron chi connectivity index (χ4n) is 2.92. The Kier molecular flexibility index (Phi) is 2.77. The quantitative estimate of drug-likeness (QED) is 0.606. The zero-order valence-electron chi connectivity index (χ0n) is 10.8. The molecule has 5 nitrogen and oxygen atoms in total. The number of nitrogens with zero attached hydrogens (tertiary/aromatic N) is 2. The molecule has 1 amide bonds. The van der Waals surface area contributed by atoms with E-state index in [1.807, 2.05) is 11.8 Å². The van der Waals surface area contributed by atoms with E-state index in [0.29, 0.717) is 6.42 Å². The van der Waals surface area contributed by atoms with Crippen LogP contribution in [0.1, 0.15) is 31.7 Å². The van der Waals surface area contributed by atoms with Crippen LogP contribution in [0.3, 0.4) is 0 Å². The Morgan fingerprint density at radius 1 is 1.42 bits per heavy atom. The summed E-state index contributed by atoms with van der Waals surface area (Å²) in [6, 6.07) is 4.90. The largest absolute Gasteiger partial charge is 0.309 e. The maximum atomic E-state index is 12.4. The van der Waals surface area contributed by atoms with Crippen LogP contribution < -0.4 is 4.90 Å². The molecule has 100 valence electrons. The summed E-state index contributed by atoms with van der Waals surface area (Å²) in [5.74, 6) is 0.343. The molecule has 1 aliphatic heterocycles. The predicted octanol–water partition coefficient (Wildman–Crippen LogP) is 2.67. The molecule has 19 heavy (non-hydrogen) atoms. The van der Waals surface area contributed by atoms with Gasteiger partial charge in [-0.05, 0) is 37.8 Å². The molecule has 2 aliphatic rings. The van der Waals surface area contributed by atoms with Crippen molar-refractivity contribution in [2.45, 2.75) is 38.6 Å². The molecule has 1 heterocycles. The fourth-order valence-corrected chi connectivity index (χ4v) is 2.92. The Labute approximate surface area is 111 Å². The zero-order valence-corrected chi connectivity index (χ0v) is 10.8. The highest BCUT2D eigenvalue weighted by molar-refractivity contribution is 5.98. The number of nitro benzene ring substituents is 1. The number of fused-ring (bicyclic) bond motifs is 1. The third-order valence-corrected chi connectivity index (χ3v) is 4.18. The maximum absolute atomic E-state index is 12.4. The van der Waals surface area contributed by atoms with Crippen molar-refractivity contribution < 1.29 is 9.72 Å². The summed E-state index contributed by atoms with van der Waals surface area (Å²) >= 11 is 0. The van der Waals surface area contributed by atoms with Gasteiger partial charge in [-0.15, -0.1) is 0 Å². The average Bonchev–Trinajstić information content (AvgIpc) is 2.61. The highest BCUT2D eigenvalue weighted by Gasteiger charge is 2.37. The summed E-state index contributed by atoms with van der Waals surface area (Å²) in [5, 5.41) is 10.8. The van der Waals surface area contributed by atoms with Crippen molar-refractivity contribution in [1.29, 1.82) is 0 Å². The van der Waals surface area contributed by atoms with E-state index in [0.717, 1.165) is 30.5 Å². The number of non-ortho nitro benzene ring substituents is 1. The second-order valence-corrected chi connectivity index (χ2v) is 5.46. The normalized spacial score (nSPS) is 21.9. The summed E-state index contributed by atoms with van der Waals surface area (Å²) in [5.41, 5.74) is 1.87. The summed E-state index contributed by atoms with van der Waals surface area (Å²) in [7, 11) is 0. The standard InChI is InChI=1S/C14H16N2O3/c1-9-7-11-8-12(16(18)19)5-6-13(11)15(9)14(17)10-3-2-4-10/h5-6,8-10H,2-4,7H2,1H3/t9-/m0/s1. The molecular weight excluding hydrogens is 244 g/mol. The minimum absolute atomic E-state index is 0.101. The third kappa shape index (κ3) is 1.89. The lowest BCUT2D eigenvalue weighted by Gasteiger charge is -2.32. The Hall–Kier alpha value is -1.91. The fraction of sp³-hybridized carbons (Fsp3) is 0.500. The Bertz CT molecular complexity index is 552. The van der Waals surface area contributed by atoms with Gasteiger partial charge >= 0.3 is 0 Å². The van der Waals surface area contributed by atoms with E-state index in [4.69, 9.17) is 0 Å². The first-order chi connectivity index (χ1) is 9.08. The molecule has 1 atom stereocenters. The van der Waals surface area contributed by atoms with Crippen molar-refractivity contribution in [2.24, 2.45) is 5.92 Å². The van der Waals surface area contributed by atoms with E-state index < -0.39 is 0 Å². The molecule has 1 fully saturated rings. The Morgan fingerprint density at radius 2 is 2.16 bits per heavy atom. The van der Waals surface area contributed by atoms with Crippen molar-refractivity contribution in [3.05, 3.63) is 33.9 Å². The second-order valence-electron chi connectivity index (χ2n) is 5.46. The molecule has 0 aromatic heterocycles. The van der Waals surface area contributed by atoms with Gasteiger partial charge in [-0.25, -0.2) is 0 Å². The lowest BCUT2D eigenvalue weighted by Crippen LogP contribution is -2.42. The number of benzene rings is 1. The minimum Gasteiger partial charge on any atom is -0.309 e. The Morgan fingerprint density at radius 3 is 2.74 bits per heavy atom. The monoisotopic (exact) mass is 260 g/mol. The lowest BCUT2D eigenvalue weighted by atomic mass is 9.84. The smallest absolute Gasteiger partial charge is 0.269 e. The molecule has 0 N–H and O–H groups in total. The molecule has 1 aromatic rings. The highest BCUT2D eigenvalue weighted by atomic mass is 16.6. The summed E-state index contributed by atoms with van der Waals surface area (Å²) < 4.78 is 0. The summed E-state index contributed by atoms with van der Waals surface area (Å²) in [6.45, 7) is 2.00. The highest BCUT2D eigenvalue weighted by Crippen LogP contribution is 2.38. The van der Waals surface area contributed by atoms with Gasteiger partial charge in [0.1, 0.15) is 0 Å². The minimum atomic E-state index is -0.388. The molecule has 0 bridgehead atoms.